The number of nitrogens with zero attached hydrogens (tertiary/aromatic N) is 3. The van der Waals surface area contributed by atoms with E-state index >= 15 is 0 Å². The Morgan fingerprint density at radius 2 is 2.06 bits per heavy atom. The average molecular weight is 250 g/mol. The van der Waals surface area contributed by atoms with Gasteiger partial charge in [-0.1, -0.05) is 13.8 Å². The summed E-state index contributed by atoms with van der Waals surface area (Å²) in [4.78, 5) is 15.9. The number of alkyl halides is 3. The van der Waals surface area contributed by atoms with Gasteiger partial charge in [0.25, 0.3) is 5.91 Å². The quantitative estimate of drug-likeness (QED) is 0.885. The SMILES string of the molecule is CC(C)c1nc(C(=O)N(C)CC(F)(F)F)n[nH]1. The molecule has 0 aliphatic heterocycles. The molecule has 0 radical (unpaired) electrons. The van der Waals surface area contributed by atoms with Crippen LogP contribution in [0.5, 0.6) is 0 Å². The van der Waals surface area contributed by atoms with E-state index in [1.165, 1.54) is 0 Å². The third-order valence-electron chi connectivity index (χ3n) is 2.00. The van der Waals surface area contributed by atoms with Crippen molar-refractivity contribution >= 4 is 5.91 Å². The molecule has 0 unspecified atom stereocenters. The van der Waals surface area contributed by atoms with Crippen LogP contribution < -0.4 is 0 Å². The van der Waals surface area contributed by atoms with Gasteiger partial charge in [0.1, 0.15) is 12.4 Å². The van der Waals surface area contributed by atoms with E-state index in [1.807, 2.05) is 13.8 Å². The van der Waals surface area contributed by atoms with Gasteiger partial charge in [0, 0.05) is 13.0 Å². The minimum Gasteiger partial charge on any atom is -0.330 e. The number of carbonyl (C=O) groups excluding carboxylic acids is 1. The zero-order valence-corrected chi connectivity index (χ0v) is 9.67. The van der Waals surface area contributed by atoms with Crippen LogP contribution in [0, 0.1) is 0 Å². The Balaban J connectivity index is 2.75. The third kappa shape index (κ3) is 3.72. The first kappa shape index (κ1) is 13.5. The second kappa shape index (κ2) is 4.72. The molecule has 1 rings (SSSR count). The lowest BCUT2D eigenvalue weighted by molar-refractivity contribution is -0.138. The van der Waals surface area contributed by atoms with Crippen LogP contribution in [0.25, 0.3) is 0 Å². The number of amides is 1. The zero-order chi connectivity index (χ0) is 13.2. The lowest BCUT2D eigenvalue weighted by Crippen LogP contribution is -2.36. The molecule has 0 aliphatic rings. The topological polar surface area (TPSA) is 61.9 Å². The molecule has 1 aromatic heterocycles. The van der Waals surface area contributed by atoms with Crippen molar-refractivity contribution in [3.05, 3.63) is 11.6 Å². The van der Waals surface area contributed by atoms with Crippen LogP contribution in [0.1, 0.15) is 36.2 Å². The molecule has 1 N–H and O–H groups in total. The van der Waals surface area contributed by atoms with Gasteiger partial charge in [0.15, 0.2) is 0 Å². The summed E-state index contributed by atoms with van der Waals surface area (Å²) >= 11 is 0. The maximum atomic E-state index is 12.1. The van der Waals surface area contributed by atoms with Gasteiger partial charge in [-0.05, 0) is 0 Å². The Morgan fingerprint density at radius 1 is 1.47 bits per heavy atom. The van der Waals surface area contributed by atoms with E-state index in [0.29, 0.717) is 10.7 Å². The van der Waals surface area contributed by atoms with E-state index in [2.05, 4.69) is 15.2 Å². The van der Waals surface area contributed by atoms with Gasteiger partial charge < -0.3 is 4.90 Å². The van der Waals surface area contributed by atoms with E-state index < -0.39 is 18.6 Å². The maximum Gasteiger partial charge on any atom is 0.406 e. The van der Waals surface area contributed by atoms with Crippen molar-refractivity contribution in [2.24, 2.45) is 0 Å². The van der Waals surface area contributed by atoms with Gasteiger partial charge >= 0.3 is 6.18 Å². The fraction of sp³-hybridized carbons (Fsp3) is 0.667. The summed E-state index contributed by atoms with van der Waals surface area (Å²) in [6, 6.07) is 0. The Labute approximate surface area is 96.0 Å². The van der Waals surface area contributed by atoms with Crippen LogP contribution in [-0.4, -0.2) is 45.8 Å². The molecule has 5 nitrogen and oxygen atoms in total. The number of H-pyrrole nitrogens is 1. The van der Waals surface area contributed by atoms with Crippen LogP contribution in [0.3, 0.4) is 0 Å². The van der Waals surface area contributed by atoms with Crippen LogP contribution in [0.4, 0.5) is 13.2 Å². The molecule has 0 aromatic carbocycles. The molecule has 0 atom stereocenters. The van der Waals surface area contributed by atoms with Crippen LogP contribution in [0.15, 0.2) is 0 Å². The number of hydrogen-bond donors (Lipinski definition) is 1. The third-order valence-corrected chi connectivity index (χ3v) is 2.00. The summed E-state index contributed by atoms with van der Waals surface area (Å²) in [7, 11) is 1.06. The molecular weight excluding hydrogens is 237 g/mol. The smallest absolute Gasteiger partial charge is 0.330 e. The molecule has 1 heterocycles. The summed E-state index contributed by atoms with van der Waals surface area (Å²) in [5.74, 6) is -0.614. The number of halogens is 3. The van der Waals surface area contributed by atoms with Crippen LogP contribution in [-0.2, 0) is 0 Å². The summed E-state index contributed by atoms with van der Waals surface area (Å²) in [5.41, 5.74) is 0. The Morgan fingerprint density at radius 3 is 2.47 bits per heavy atom. The number of carbonyl (C=O) groups is 1. The second-order valence-electron chi connectivity index (χ2n) is 3.98. The largest absolute Gasteiger partial charge is 0.406 e. The first-order valence-corrected chi connectivity index (χ1v) is 4.95. The minimum absolute atomic E-state index is 0.0250. The lowest BCUT2D eigenvalue weighted by Gasteiger charge is -2.16. The summed E-state index contributed by atoms with van der Waals surface area (Å²) < 4.78 is 36.2. The van der Waals surface area contributed by atoms with E-state index in [4.69, 9.17) is 0 Å². The van der Waals surface area contributed by atoms with Crippen molar-refractivity contribution in [1.29, 1.82) is 0 Å². The molecule has 0 saturated heterocycles. The Kier molecular flexibility index (Phi) is 3.74. The van der Waals surface area contributed by atoms with Gasteiger partial charge in [-0.2, -0.15) is 13.2 Å². The highest BCUT2D eigenvalue weighted by atomic mass is 19.4. The van der Waals surface area contributed by atoms with Gasteiger partial charge in [-0.25, -0.2) is 4.98 Å². The van der Waals surface area contributed by atoms with Gasteiger partial charge in [0.05, 0.1) is 0 Å². The van der Waals surface area contributed by atoms with Crippen molar-refractivity contribution in [2.45, 2.75) is 25.9 Å². The van der Waals surface area contributed by atoms with Gasteiger partial charge in [0.2, 0.25) is 5.82 Å². The molecule has 0 aliphatic carbocycles. The van der Waals surface area contributed by atoms with Crippen molar-refractivity contribution in [2.75, 3.05) is 13.6 Å². The maximum absolute atomic E-state index is 12.1. The van der Waals surface area contributed by atoms with Crippen LogP contribution in [0.2, 0.25) is 0 Å². The molecule has 96 valence electrons. The molecule has 0 fully saturated rings. The first-order valence-electron chi connectivity index (χ1n) is 4.95. The molecule has 0 saturated carbocycles. The average Bonchev–Trinajstić information content (AvgIpc) is 2.62. The normalized spacial score (nSPS) is 11.9. The number of nitrogens with one attached hydrogen (secondary N) is 1. The standard InChI is InChI=1S/C9H13F3N4O/c1-5(2)6-13-7(15-14-6)8(17)16(3)4-9(10,11)12/h5H,4H2,1-3H3,(H,13,14,15). The second-order valence-corrected chi connectivity index (χ2v) is 3.98. The highest BCUT2D eigenvalue weighted by molar-refractivity contribution is 5.90. The van der Waals surface area contributed by atoms with E-state index in [9.17, 15) is 18.0 Å². The Bertz CT molecular complexity index is 399. The number of aromatic amines is 1. The van der Waals surface area contributed by atoms with Crippen molar-refractivity contribution in [3.63, 3.8) is 0 Å². The van der Waals surface area contributed by atoms with Gasteiger partial charge in [-0.15, -0.1) is 5.10 Å². The molecule has 1 aromatic rings. The molecule has 8 heteroatoms. The molecular formula is C9H13F3N4O. The predicted molar refractivity (Wildman–Crippen MR) is 53.5 cm³/mol. The fourth-order valence-electron chi connectivity index (χ4n) is 1.14. The number of hydrogen-bond acceptors (Lipinski definition) is 3. The Hall–Kier alpha value is -1.60. The minimum atomic E-state index is -4.43. The zero-order valence-electron chi connectivity index (χ0n) is 9.67. The number of rotatable bonds is 3. The molecule has 17 heavy (non-hydrogen) atoms. The highest BCUT2D eigenvalue weighted by Gasteiger charge is 2.32. The molecule has 0 spiro atoms. The molecule has 1 amide bonds. The summed E-state index contributed by atoms with van der Waals surface area (Å²) in [6.07, 6.45) is -4.43. The monoisotopic (exact) mass is 250 g/mol. The fourth-order valence-corrected chi connectivity index (χ4v) is 1.14. The summed E-state index contributed by atoms with van der Waals surface area (Å²) in [6.45, 7) is 2.33. The van der Waals surface area contributed by atoms with Crippen molar-refractivity contribution in [3.8, 4) is 0 Å². The highest BCUT2D eigenvalue weighted by Crippen LogP contribution is 2.16. The number of aromatic nitrogens is 3. The van der Waals surface area contributed by atoms with Crippen molar-refractivity contribution < 1.29 is 18.0 Å². The lowest BCUT2D eigenvalue weighted by atomic mass is 10.2. The van der Waals surface area contributed by atoms with Crippen molar-refractivity contribution in [1.82, 2.24) is 20.1 Å². The van der Waals surface area contributed by atoms with Gasteiger partial charge in [-0.3, -0.25) is 9.89 Å². The van der Waals surface area contributed by atoms with E-state index in [1.54, 1.807) is 0 Å². The predicted octanol–water partition coefficient (Wildman–Crippen LogP) is 1.56. The summed E-state index contributed by atoms with van der Waals surface area (Å²) in [5, 5.41) is 6.11. The molecule has 0 bridgehead atoms. The van der Waals surface area contributed by atoms with E-state index in [0.717, 1.165) is 7.05 Å². The first-order chi connectivity index (χ1) is 7.70. The van der Waals surface area contributed by atoms with E-state index in [-0.39, 0.29) is 11.7 Å². The van der Waals surface area contributed by atoms with Crippen LogP contribution >= 0.6 is 0 Å².